The van der Waals surface area contributed by atoms with Crippen molar-refractivity contribution in [3.63, 3.8) is 0 Å². The summed E-state index contributed by atoms with van der Waals surface area (Å²) in [7, 11) is 0. The van der Waals surface area contributed by atoms with Gasteiger partial charge in [-0.25, -0.2) is 0 Å². The van der Waals surface area contributed by atoms with Gasteiger partial charge in [0.2, 0.25) is 0 Å². The summed E-state index contributed by atoms with van der Waals surface area (Å²) in [6, 6.07) is 11.3. The second kappa shape index (κ2) is 6.92. The number of rotatable bonds is 5. The Morgan fingerprint density at radius 3 is 2.75 bits per heavy atom. The number of unbranched alkanes of at least 4 members (excludes halogenated alkanes) is 2. The molecule has 1 aromatic carbocycles. The van der Waals surface area contributed by atoms with E-state index in [0.29, 0.717) is 6.04 Å². The third kappa shape index (κ3) is 4.10. The molecule has 0 saturated carbocycles. The van der Waals surface area contributed by atoms with E-state index in [0.717, 1.165) is 32.5 Å². The first-order valence-electron chi connectivity index (χ1n) is 7.60. The van der Waals surface area contributed by atoms with Crippen molar-refractivity contribution in [3.8, 4) is 12.3 Å². The highest BCUT2D eigenvalue weighted by Crippen LogP contribution is 2.27. The van der Waals surface area contributed by atoms with Crippen molar-refractivity contribution >= 4 is 0 Å². The lowest BCUT2D eigenvalue weighted by Gasteiger charge is -2.45. The summed E-state index contributed by atoms with van der Waals surface area (Å²) in [5, 5.41) is 3.66. The van der Waals surface area contributed by atoms with Crippen LogP contribution in [0, 0.1) is 12.3 Å². The molecule has 0 bridgehead atoms. The second-order valence-corrected chi connectivity index (χ2v) is 6.32. The molecule has 1 aromatic rings. The Kier molecular flexibility index (Phi) is 5.23. The van der Waals surface area contributed by atoms with Gasteiger partial charge in [-0.1, -0.05) is 30.3 Å². The minimum absolute atomic E-state index is 0.192. The van der Waals surface area contributed by atoms with Crippen LogP contribution in [0.15, 0.2) is 30.3 Å². The van der Waals surface area contributed by atoms with Crippen LogP contribution in [0.3, 0.4) is 0 Å². The summed E-state index contributed by atoms with van der Waals surface area (Å²) in [6.45, 7) is 7.80. The topological polar surface area (TPSA) is 15.3 Å². The molecule has 0 aromatic heterocycles. The summed E-state index contributed by atoms with van der Waals surface area (Å²) in [5.41, 5.74) is 1.60. The molecule has 0 spiro atoms. The van der Waals surface area contributed by atoms with Gasteiger partial charge in [-0.2, -0.15) is 0 Å². The van der Waals surface area contributed by atoms with Crippen LogP contribution in [0.5, 0.6) is 0 Å². The van der Waals surface area contributed by atoms with Gasteiger partial charge in [0.1, 0.15) is 0 Å². The molecule has 0 radical (unpaired) electrons. The molecule has 1 N–H and O–H groups in total. The first kappa shape index (κ1) is 15.1. The van der Waals surface area contributed by atoms with Crippen LogP contribution in [0.25, 0.3) is 0 Å². The van der Waals surface area contributed by atoms with Crippen molar-refractivity contribution in [2.75, 3.05) is 19.6 Å². The highest BCUT2D eigenvalue weighted by Gasteiger charge is 2.32. The Morgan fingerprint density at radius 2 is 2.05 bits per heavy atom. The van der Waals surface area contributed by atoms with Gasteiger partial charge in [0, 0.05) is 31.1 Å². The first-order valence-corrected chi connectivity index (χ1v) is 7.60. The van der Waals surface area contributed by atoms with Gasteiger partial charge in [0.15, 0.2) is 0 Å². The smallest absolute Gasteiger partial charge is 0.0473 e. The third-order valence-electron chi connectivity index (χ3n) is 4.01. The van der Waals surface area contributed by atoms with E-state index in [4.69, 9.17) is 6.42 Å². The summed E-state index contributed by atoms with van der Waals surface area (Å²) >= 11 is 0. The molecular weight excluding hydrogens is 244 g/mol. The number of terminal acetylenes is 1. The van der Waals surface area contributed by atoms with Crippen LogP contribution in [0.1, 0.15) is 44.7 Å². The van der Waals surface area contributed by atoms with Crippen LogP contribution in [-0.4, -0.2) is 30.1 Å². The van der Waals surface area contributed by atoms with Gasteiger partial charge in [-0.05, 0) is 38.8 Å². The molecule has 1 aliphatic rings. The van der Waals surface area contributed by atoms with E-state index in [1.165, 1.54) is 12.0 Å². The zero-order chi connectivity index (χ0) is 14.4. The maximum Gasteiger partial charge on any atom is 0.0473 e. The molecule has 1 aliphatic heterocycles. The van der Waals surface area contributed by atoms with Gasteiger partial charge >= 0.3 is 0 Å². The Bertz CT molecular complexity index is 444. The molecule has 20 heavy (non-hydrogen) atoms. The molecule has 2 heteroatoms. The molecule has 2 rings (SSSR count). The second-order valence-electron chi connectivity index (χ2n) is 6.32. The van der Waals surface area contributed by atoms with Gasteiger partial charge in [-0.15, -0.1) is 12.3 Å². The van der Waals surface area contributed by atoms with Crippen molar-refractivity contribution in [3.05, 3.63) is 35.9 Å². The molecule has 0 amide bonds. The van der Waals surface area contributed by atoms with Crippen molar-refractivity contribution in [2.24, 2.45) is 0 Å². The molecule has 1 atom stereocenters. The molecule has 2 nitrogen and oxygen atoms in total. The Hall–Kier alpha value is -1.30. The molecule has 0 aliphatic carbocycles. The normalized spacial score (nSPS) is 22.4. The lowest BCUT2D eigenvalue weighted by molar-refractivity contribution is 0.0934. The lowest BCUT2D eigenvalue weighted by Crippen LogP contribution is -2.58. The predicted octanol–water partition coefficient (Wildman–Crippen LogP) is 3.22. The Labute approximate surface area is 123 Å². The van der Waals surface area contributed by atoms with E-state index >= 15 is 0 Å². The summed E-state index contributed by atoms with van der Waals surface area (Å²) in [4.78, 5) is 2.61. The van der Waals surface area contributed by atoms with Gasteiger partial charge in [0.25, 0.3) is 0 Å². The monoisotopic (exact) mass is 270 g/mol. The van der Waals surface area contributed by atoms with Crippen LogP contribution in [0.4, 0.5) is 0 Å². The molecule has 1 heterocycles. The minimum Gasteiger partial charge on any atom is -0.309 e. The van der Waals surface area contributed by atoms with E-state index < -0.39 is 0 Å². The van der Waals surface area contributed by atoms with E-state index in [9.17, 15) is 0 Å². The van der Waals surface area contributed by atoms with Crippen LogP contribution >= 0.6 is 0 Å². The lowest BCUT2D eigenvalue weighted by atomic mass is 9.94. The zero-order valence-electron chi connectivity index (χ0n) is 12.7. The fraction of sp³-hybridized carbons (Fsp3) is 0.556. The van der Waals surface area contributed by atoms with E-state index in [2.05, 4.69) is 60.3 Å². The maximum absolute atomic E-state index is 5.34. The summed E-state index contributed by atoms with van der Waals surface area (Å²) < 4.78 is 0. The van der Waals surface area contributed by atoms with E-state index in [-0.39, 0.29) is 5.54 Å². The largest absolute Gasteiger partial charge is 0.309 e. The molecule has 1 unspecified atom stereocenters. The SMILES string of the molecule is C#CCCCCN1CC(C)(C)NCC1c1ccccc1. The number of nitrogens with one attached hydrogen (secondary N) is 1. The fourth-order valence-corrected chi connectivity index (χ4v) is 2.96. The van der Waals surface area contributed by atoms with E-state index in [1.54, 1.807) is 0 Å². The van der Waals surface area contributed by atoms with Gasteiger partial charge in [0.05, 0.1) is 0 Å². The average molecular weight is 270 g/mol. The third-order valence-corrected chi connectivity index (χ3v) is 4.01. The van der Waals surface area contributed by atoms with Crippen molar-refractivity contribution in [1.82, 2.24) is 10.2 Å². The zero-order valence-corrected chi connectivity index (χ0v) is 12.7. The predicted molar refractivity (Wildman–Crippen MR) is 85.5 cm³/mol. The summed E-state index contributed by atoms with van der Waals surface area (Å²) in [6.07, 6.45) is 8.54. The van der Waals surface area contributed by atoms with Crippen LogP contribution < -0.4 is 5.32 Å². The minimum atomic E-state index is 0.192. The van der Waals surface area contributed by atoms with Crippen LogP contribution in [-0.2, 0) is 0 Å². The molecule has 108 valence electrons. The fourth-order valence-electron chi connectivity index (χ4n) is 2.96. The number of hydrogen-bond acceptors (Lipinski definition) is 2. The number of benzene rings is 1. The molecular formula is C18H26N2. The Morgan fingerprint density at radius 1 is 1.30 bits per heavy atom. The van der Waals surface area contributed by atoms with Crippen LogP contribution in [0.2, 0.25) is 0 Å². The first-order chi connectivity index (χ1) is 9.62. The van der Waals surface area contributed by atoms with Crippen molar-refractivity contribution in [1.29, 1.82) is 0 Å². The van der Waals surface area contributed by atoms with Crippen molar-refractivity contribution in [2.45, 2.75) is 44.7 Å². The molecule has 1 saturated heterocycles. The standard InChI is InChI=1S/C18H26N2/c1-4-5-6-10-13-20-15-18(2,3)19-14-17(20)16-11-8-7-9-12-16/h1,7-9,11-12,17,19H,5-6,10,13-15H2,2-3H3. The van der Waals surface area contributed by atoms with Crippen molar-refractivity contribution < 1.29 is 0 Å². The highest BCUT2D eigenvalue weighted by molar-refractivity contribution is 5.20. The van der Waals surface area contributed by atoms with Gasteiger partial charge < -0.3 is 5.32 Å². The van der Waals surface area contributed by atoms with Gasteiger partial charge in [-0.3, -0.25) is 4.90 Å². The quantitative estimate of drug-likeness (QED) is 0.653. The number of nitrogens with zero attached hydrogens (tertiary/aromatic N) is 1. The summed E-state index contributed by atoms with van der Waals surface area (Å²) in [5.74, 6) is 2.73. The highest BCUT2D eigenvalue weighted by atomic mass is 15.2. The van der Waals surface area contributed by atoms with E-state index in [1.807, 2.05) is 0 Å². The maximum atomic E-state index is 5.34. The number of hydrogen-bond donors (Lipinski definition) is 1. The molecule has 1 fully saturated rings. The Balaban J connectivity index is 2.02. The average Bonchev–Trinajstić information content (AvgIpc) is 2.44. The number of piperazine rings is 1.